The Morgan fingerprint density at radius 3 is 1.61 bits per heavy atom. The summed E-state index contributed by atoms with van der Waals surface area (Å²) in [5, 5.41) is 11.6. The summed E-state index contributed by atoms with van der Waals surface area (Å²) >= 11 is 3.28. The minimum atomic E-state index is -1.30. The third kappa shape index (κ3) is 8.89. The van der Waals surface area contributed by atoms with Crippen molar-refractivity contribution < 1.29 is 24.3 Å². The van der Waals surface area contributed by atoms with Crippen molar-refractivity contribution in [1.82, 2.24) is 5.32 Å². The molecular formula is C30H31NO5S2. The number of thioether (sulfide) groups is 2. The molecule has 0 bridgehead atoms. The number of benzene rings is 3. The number of aryl methyl sites for hydroxylation is 2. The molecule has 0 saturated heterocycles. The molecule has 0 aromatic heterocycles. The Kier molecular flexibility index (Phi) is 10.7. The third-order valence-corrected chi connectivity index (χ3v) is 8.19. The van der Waals surface area contributed by atoms with Crippen LogP contribution in [-0.4, -0.2) is 46.1 Å². The number of hydrogen-bond donors (Lipinski definition) is 2. The number of carboxylic acid groups (broad SMARTS) is 1. The van der Waals surface area contributed by atoms with Crippen LogP contribution in [-0.2, 0) is 9.59 Å². The number of carboxylic acids is 1. The molecule has 0 radical (unpaired) electrons. The van der Waals surface area contributed by atoms with E-state index in [4.69, 9.17) is 0 Å². The number of ketones is 2. The fourth-order valence-electron chi connectivity index (χ4n) is 3.61. The zero-order chi connectivity index (χ0) is 27.7. The third-order valence-electron chi connectivity index (χ3n) is 5.84. The maximum atomic E-state index is 13.5. The van der Waals surface area contributed by atoms with Gasteiger partial charge in [0, 0.05) is 44.8 Å². The highest BCUT2D eigenvalue weighted by molar-refractivity contribution is 8.00. The molecule has 0 aliphatic rings. The molecule has 3 aromatic carbocycles. The molecule has 8 heteroatoms. The van der Waals surface area contributed by atoms with Gasteiger partial charge in [-0.2, -0.15) is 0 Å². The predicted molar refractivity (Wildman–Crippen MR) is 152 cm³/mol. The summed E-state index contributed by atoms with van der Waals surface area (Å²) in [5.74, 6) is -1.30. The fourth-order valence-corrected chi connectivity index (χ4v) is 5.74. The molecule has 1 amide bonds. The van der Waals surface area contributed by atoms with Gasteiger partial charge in [-0.15, -0.1) is 23.5 Å². The van der Waals surface area contributed by atoms with E-state index >= 15 is 0 Å². The Balaban J connectivity index is 1.72. The quantitative estimate of drug-likeness (QED) is 0.204. The number of hydrogen-bond acceptors (Lipinski definition) is 6. The zero-order valence-electron chi connectivity index (χ0n) is 21.6. The number of aliphatic carboxylic acids is 1. The van der Waals surface area contributed by atoms with Crippen molar-refractivity contribution in [3.63, 3.8) is 0 Å². The van der Waals surface area contributed by atoms with Crippen LogP contribution in [0.5, 0.6) is 0 Å². The highest BCUT2D eigenvalue weighted by atomic mass is 32.2. The Morgan fingerprint density at radius 1 is 0.737 bits per heavy atom. The lowest BCUT2D eigenvalue weighted by atomic mass is 9.99. The van der Waals surface area contributed by atoms with Gasteiger partial charge in [0.2, 0.25) is 0 Å². The van der Waals surface area contributed by atoms with Crippen molar-refractivity contribution in [1.29, 1.82) is 0 Å². The molecule has 198 valence electrons. The molecule has 0 heterocycles. The van der Waals surface area contributed by atoms with Gasteiger partial charge in [0.05, 0.1) is 0 Å². The number of Topliss-reactive ketones (excluding diaryl/α,β-unsaturated/α-hetero) is 2. The van der Waals surface area contributed by atoms with Crippen LogP contribution in [0.15, 0.2) is 82.6 Å². The molecule has 3 rings (SSSR count). The SMILES string of the molecule is CC(=O)CC(NC(=O)c1ccc(C(=O)C(CSc2ccc(C)cc2)CSc2ccc(C)cc2)cc1)C(=O)O. The van der Waals surface area contributed by atoms with Crippen LogP contribution in [0.4, 0.5) is 0 Å². The fraction of sp³-hybridized carbons (Fsp3) is 0.267. The van der Waals surface area contributed by atoms with Gasteiger partial charge in [0.15, 0.2) is 5.78 Å². The van der Waals surface area contributed by atoms with Gasteiger partial charge >= 0.3 is 5.97 Å². The summed E-state index contributed by atoms with van der Waals surface area (Å²) in [6.07, 6.45) is -0.295. The molecule has 0 aliphatic carbocycles. The summed E-state index contributed by atoms with van der Waals surface area (Å²) in [7, 11) is 0. The predicted octanol–water partition coefficient (Wildman–Crippen LogP) is 5.85. The van der Waals surface area contributed by atoms with E-state index < -0.39 is 17.9 Å². The summed E-state index contributed by atoms with van der Waals surface area (Å²) in [4.78, 5) is 50.9. The standard InChI is InChI=1S/C30H31NO5S2/c1-19-4-12-25(13-5-19)37-17-24(18-38-26-14-6-20(2)7-15-26)28(33)22-8-10-23(11-9-22)29(34)31-27(30(35)36)16-21(3)32/h4-15,24,27H,16-18H2,1-3H3,(H,31,34)(H,35,36). The Bertz CT molecular complexity index is 1220. The topological polar surface area (TPSA) is 101 Å². The minimum Gasteiger partial charge on any atom is -0.480 e. The maximum Gasteiger partial charge on any atom is 0.326 e. The summed E-state index contributed by atoms with van der Waals surface area (Å²) < 4.78 is 0. The first-order valence-electron chi connectivity index (χ1n) is 12.2. The highest BCUT2D eigenvalue weighted by Crippen LogP contribution is 2.28. The van der Waals surface area contributed by atoms with Crippen molar-refractivity contribution >= 4 is 47.0 Å². The molecule has 0 fully saturated rings. The van der Waals surface area contributed by atoms with E-state index in [1.807, 2.05) is 13.8 Å². The molecule has 2 N–H and O–H groups in total. The van der Waals surface area contributed by atoms with Gasteiger partial charge in [-0.3, -0.25) is 14.4 Å². The van der Waals surface area contributed by atoms with E-state index in [9.17, 15) is 24.3 Å². The normalized spacial score (nSPS) is 11.7. The lowest BCUT2D eigenvalue weighted by molar-refractivity contribution is -0.140. The van der Waals surface area contributed by atoms with Gasteiger partial charge in [-0.25, -0.2) is 4.79 Å². The molecular weight excluding hydrogens is 518 g/mol. The summed E-state index contributed by atoms with van der Waals surface area (Å²) in [6.45, 7) is 5.34. The molecule has 3 aromatic rings. The van der Waals surface area contributed by atoms with Gasteiger partial charge in [-0.05, 0) is 57.2 Å². The average molecular weight is 550 g/mol. The van der Waals surface area contributed by atoms with Crippen LogP contribution >= 0.6 is 23.5 Å². The summed E-state index contributed by atoms with van der Waals surface area (Å²) in [5.41, 5.74) is 3.06. The Hall–Kier alpha value is -3.36. The van der Waals surface area contributed by atoms with E-state index in [1.165, 1.54) is 30.2 Å². The number of carbonyl (C=O) groups excluding carboxylic acids is 3. The van der Waals surface area contributed by atoms with Crippen LogP contribution in [0.1, 0.15) is 45.2 Å². The van der Waals surface area contributed by atoms with E-state index in [2.05, 4.69) is 53.8 Å². The Morgan fingerprint density at radius 2 is 1.18 bits per heavy atom. The minimum absolute atomic E-state index is 0.0174. The first-order chi connectivity index (χ1) is 18.1. The highest BCUT2D eigenvalue weighted by Gasteiger charge is 2.24. The van der Waals surface area contributed by atoms with Crippen LogP contribution in [0.25, 0.3) is 0 Å². The van der Waals surface area contributed by atoms with Crippen molar-refractivity contribution in [2.24, 2.45) is 5.92 Å². The first kappa shape index (κ1) is 29.2. The maximum absolute atomic E-state index is 13.5. The number of nitrogens with one attached hydrogen (secondary N) is 1. The van der Waals surface area contributed by atoms with Crippen LogP contribution in [0, 0.1) is 19.8 Å². The van der Waals surface area contributed by atoms with Crippen LogP contribution in [0.2, 0.25) is 0 Å². The van der Waals surface area contributed by atoms with E-state index in [0.717, 1.165) is 9.79 Å². The molecule has 1 unspecified atom stereocenters. The molecule has 0 saturated carbocycles. The van der Waals surface area contributed by atoms with E-state index in [0.29, 0.717) is 17.1 Å². The largest absolute Gasteiger partial charge is 0.480 e. The molecule has 38 heavy (non-hydrogen) atoms. The second-order valence-electron chi connectivity index (χ2n) is 9.16. The summed E-state index contributed by atoms with van der Waals surface area (Å²) in [6, 6.07) is 21.3. The Labute approximate surface area is 231 Å². The number of amides is 1. The van der Waals surface area contributed by atoms with Crippen LogP contribution in [0.3, 0.4) is 0 Å². The number of carbonyl (C=O) groups is 4. The number of rotatable bonds is 13. The monoisotopic (exact) mass is 549 g/mol. The van der Waals surface area contributed by atoms with Gasteiger partial charge in [-0.1, -0.05) is 47.5 Å². The van der Waals surface area contributed by atoms with Crippen molar-refractivity contribution in [2.45, 2.75) is 43.0 Å². The smallest absolute Gasteiger partial charge is 0.326 e. The van der Waals surface area contributed by atoms with Crippen molar-refractivity contribution in [3.8, 4) is 0 Å². The lowest BCUT2D eigenvalue weighted by Gasteiger charge is -2.16. The second-order valence-corrected chi connectivity index (χ2v) is 11.3. The van der Waals surface area contributed by atoms with Crippen LogP contribution < -0.4 is 5.32 Å². The molecule has 1 atom stereocenters. The molecule has 0 aliphatic heterocycles. The molecule has 6 nitrogen and oxygen atoms in total. The lowest BCUT2D eigenvalue weighted by Crippen LogP contribution is -2.41. The van der Waals surface area contributed by atoms with Crippen molar-refractivity contribution in [2.75, 3.05) is 11.5 Å². The average Bonchev–Trinajstić information content (AvgIpc) is 2.89. The van der Waals surface area contributed by atoms with E-state index in [1.54, 1.807) is 35.7 Å². The van der Waals surface area contributed by atoms with E-state index in [-0.39, 0.29) is 29.5 Å². The molecule has 0 spiro atoms. The second kappa shape index (κ2) is 14.0. The van der Waals surface area contributed by atoms with Gasteiger partial charge < -0.3 is 10.4 Å². The zero-order valence-corrected chi connectivity index (χ0v) is 23.2. The van der Waals surface area contributed by atoms with Gasteiger partial charge in [0.25, 0.3) is 5.91 Å². The first-order valence-corrected chi connectivity index (χ1v) is 14.2. The van der Waals surface area contributed by atoms with Gasteiger partial charge in [0.1, 0.15) is 11.8 Å². The van der Waals surface area contributed by atoms with Crippen molar-refractivity contribution in [3.05, 3.63) is 95.1 Å².